The number of rotatable bonds is 4. The summed E-state index contributed by atoms with van der Waals surface area (Å²) in [6.07, 6.45) is 0. The Hall–Kier alpha value is 0.0569. The average Bonchev–Trinajstić information content (AvgIpc) is 1.59. The van der Waals surface area contributed by atoms with Gasteiger partial charge in [-0.2, -0.15) is 0 Å². The molecule has 0 aliphatic heterocycles. The molecule has 10 heavy (non-hydrogen) atoms. The first-order chi connectivity index (χ1) is 4.48. The second-order valence-electron chi connectivity index (χ2n) is 2.64. The minimum atomic E-state index is -3.14. The minimum Gasteiger partial charge on any atom is -0.411 e. The summed E-state index contributed by atoms with van der Waals surface area (Å²) in [7, 11) is -3.14. The lowest BCUT2D eigenvalue weighted by molar-refractivity contribution is 0.283. The number of aliphatic hydroxyl groups is 1. The van der Waals surface area contributed by atoms with Crippen molar-refractivity contribution in [3.8, 4) is 0 Å². The van der Waals surface area contributed by atoms with Crippen LogP contribution in [0.3, 0.4) is 0 Å². The molecule has 0 radical (unpaired) electrons. The molecule has 0 aromatic carbocycles. The summed E-state index contributed by atoms with van der Waals surface area (Å²) in [4.78, 5) is 18.3. The van der Waals surface area contributed by atoms with Crippen molar-refractivity contribution < 1.29 is 14.7 Å². The molecule has 0 fully saturated rings. The average molecular weight is 165 g/mol. The van der Waals surface area contributed by atoms with E-state index in [2.05, 4.69) is 0 Å². The standard InChI is InChI=1S/C5H15NO3Si/c1-5(6)4-10(8,9)3-2-7/h5,7-9H,2-4,6H2,1H3. The molecule has 1 atom stereocenters. The molecule has 0 heterocycles. The molecule has 0 aromatic heterocycles. The van der Waals surface area contributed by atoms with Crippen LogP contribution in [0.15, 0.2) is 0 Å². The maximum absolute atomic E-state index is 9.14. The lowest BCUT2D eigenvalue weighted by Gasteiger charge is -2.18. The first-order valence-corrected chi connectivity index (χ1v) is 5.60. The van der Waals surface area contributed by atoms with E-state index in [1.165, 1.54) is 0 Å². The zero-order valence-corrected chi connectivity index (χ0v) is 7.12. The van der Waals surface area contributed by atoms with E-state index in [0.717, 1.165) is 0 Å². The van der Waals surface area contributed by atoms with E-state index in [-0.39, 0.29) is 24.7 Å². The van der Waals surface area contributed by atoms with Gasteiger partial charge in [0.1, 0.15) is 0 Å². The number of aliphatic hydroxyl groups excluding tert-OH is 1. The highest BCUT2D eigenvalue weighted by Gasteiger charge is 2.29. The van der Waals surface area contributed by atoms with Crippen molar-refractivity contribution in [3.05, 3.63) is 0 Å². The minimum absolute atomic E-state index is 0.0918. The highest BCUT2D eigenvalue weighted by Crippen LogP contribution is 2.08. The molecular weight excluding hydrogens is 150 g/mol. The smallest absolute Gasteiger partial charge is 0.336 e. The topological polar surface area (TPSA) is 86.7 Å². The second kappa shape index (κ2) is 4.04. The SMILES string of the molecule is CC(N)C[Si](O)(O)CCO. The van der Waals surface area contributed by atoms with Gasteiger partial charge in [-0.3, -0.25) is 0 Å². The van der Waals surface area contributed by atoms with Gasteiger partial charge in [-0.15, -0.1) is 0 Å². The van der Waals surface area contributed by atoms with E-state index in [0.29, 0.717) is 0 Å². The monoisotopic (exact) mass is 165 g/mol. The number of hydrogen-bond donors (Lipinski definition) is 4. The van der Waals surface area contributed by atoms with Crippen molar-refractivity contribution >= 4 is 8.56 Å². The molecule has 0 aromatic rings. The molecule has 0 saturated carbocycles. The van der Waals surface area contributed by atoms with Crippen LogP contribution in [0.2, 0.25) is 12.1 Å². The Labute approximate surface area is 61.5 Å². The second-order valence-corrected chi connectivity index (χ2v) is 5.51. The Balaban J connectivity index is 3.63. The van der Waals surface area contributed by atoms with Crippen molar-refractivity contribution in [2.24, 2.45) is 5.73 Å². The van der Waals surface area contributed by atoms with Crippen molar-refractivity contribution in [2.45, 2.75) is 25.1 Å². The molecular formula is C5H15NO3Si. The maximum atomic E-state index is 9.14. The summed E-state index contributed by atoms with van der Waals surface area (Å²) in [5.74, 6) is 0. The van der Waals surface area contributed by atoms with Gasteiger partial charge in [-0.05, 0) is 0 Å². The molecule has 0 rings (SSSR count). The summed E-state index contributed by atoms with van der Waals surface area (Å²) in [5.41, 5.74) is 5.34. The fraction of sp³-hybridized carbons (Fsp3) is 1.00. The van der Waals surface area contributed by atoms with Crippen LogP contribution >= 0.6 is 0 Å². The van der Waals surface area contributed by atoms with E-state index in [1.54, 1.807) is 6.92 Å². The van der Waals surface area contributed by atoms with Gasteiger partial charge in [0.15, 0.2) is 0 Å². The lowest BCUT2D eigenvalue weighted by Crippen LogP contribution is -2.40. The Morgan fingerprint density at radius 3 is 2.30 bits per heavy atom. The van der Waals surface area contributed by atoms with Crippen molar-refractivity contribution in [1.82, 2.24) is 0 Å². The predicted octanol–water partition coefficient (Wildman–Crippen LogP) is -1.25. The first-order valence-electron chi connectivity index (χ1n) is 3.29. The quantitative estimate of drug-likeness (QED) is 0.392. The lowest BCUT2D eigenvalue weighted by atomic mass is 10.4. The van der Waals surface area contributed by atoms with Crippen molar-refractivity contribution in [3.63, 3.8) is 0 Å². The molecule has 62 valence electrons. The van der Waals surface area contributed by atoms with Crippen LogP contribution in [0.25, 0.3) is 0 Å². The van der Waals surface area contributed by atoms with Gasteiger partial charge in [0, 0.05) is 24.7 Å². The molecule has 1 unspecified atom stereocenters. The highest BCUT2D eigenvalue weighted by molar-refractivity contribution is 6.64. The molecule has 5 N–H and O–H groups in total. The van der Waals surface area contributed by atoms with Gasteiger partial charge in [-0.1, -0.05) is 6.92 Å². The number of nitrogens with two attached hydrogens (primary N) is 1. The van der Waals surface area contributed by atoms with Gasteiger partial charge < -0.3 is 20.4 Å². The fourth-order valence-electron chi connectivity index (χ4n) is 0.797. The van der Waals surface area contributed by atoms with Crippen LogP contribution in [0.5, 0.6) is 0 Å². The fourth-order valence-corrected chi connectivity index (χ4v) is 2.39. The van der Waals surface area contributed by atoms with E-state index >= 15 is 0 Å². The summed E-state index contributed by atoms with van der Waals surface area (Å²) >= 11 is 0. The molecule has 0 saturated heterocycles. The van der Waals surface area contributed by atoms with Crippen molar-refractivity contribution in [2.75, 3.05) is 6.61 Å². The van der Waals surface area contributed by atoms with Crippen LogP contribution in [0.1, 0.15) is 6.92 Å². The first kappa shape index (κ1) is 10.1. The van der Waals surface area contributed by atoms with Crippen LogP contribution in [0, 0.1) is 0 Å². The third kappa shape index (κ3) is 4.89. The van der Waals surface area contributed by atoms with E-state index in [4.69, 9.17) is 20.4 Å². The van der Waals surface area contributed by atoms with Gasteiger partial charge in [-0.25, -0.2) is 0 Å². The molecule has 0 spiro atoms. The molecule has 0 aliphatic rings. The zero-order valence-electron chi connectivity index (χ0n) is 6.12. The van der Waals surface area contributed by atoms with Gasteiger partial charge in [0.05, 0.1) is 0 Å². The Bertz CT molecular complexity index is 96.9. The molecule has 0 aliphatic carbocycles. The van der Waals surface area contributed by atoms with Crippen LogP contribution < -0.4 is 5.73 Å². The Kier molecular flexibility index (Phi) is 4.07. The van der Waals surface area contributed by atoms with Crippen LogP contribution in [0.4, 0.5) is 0 Å². The predicted molar refractivity (Wildman–Crippen MR) is 40.5 cm³/mol. The van der Waals surface area contributed by atoms with Crippen LogP contribution in [-0.2, 0) is 0 Å². The largest absolute Gasteiger partial charge is 0.411 e. The van der Waals surface area contributed by atoms with Gasteiger partial charge >= 0.3 is 8.56 Å². The zero-order chi connectivity index (χ0) is 8.20. The third-order valence-electron chi connectivity index (χ3n) is 1.16. The molecule has 4 nitrogen and oxygen atoms in total. The molecule has 0 amide bonds. The van der Waals surface area contributed by atoms with E-state index < -0.39 is 8.56 Å². The maximum Gasteiger partial charge on any atom is 0.336 e. The highest BCUT2D eigenvalue weighted by atomic mass is 28.4. The Morgan fingerprint density at radius 2 is 2.00 bits per heavy atom. The normalized spacial score (nSPS) is 15.3. The van der Waals surface area contributed by atoms with E-state index in [1.807, 2.05) is 0 Å². The summed E-state index contributed by atoms with van der Waals surface area (Å²) < 4.78 is 0. The van der Waals surface area contributed by atoms with Crippen LogP contribution in [-0.4, -0.2) is 35.9 Å². The van der Waals surface area contributed by atoms with E-state index in [9.17, 15) is 0 Å². The molecule has 0 bridgehead atoms. The number of hydrogen-bond acceptors (Lipinski definition) is 4. The van der Waals surface area contributed by atoms with Gasteiger partial charge in [0.25, 0.3) is 0 Å². The summed E-state index contributed by atoms with van der Waals surface area (Å²) in [6, 6.07) is 0.121. The molecule has 5 heteroatoms. The third-order valence-corrected chi connectivity index (χ3v) is 3.48. The summed E-state index contributed by atoms with van der Waals surface area (Å²) in [5, 5.41) is 8.39. The summed E-state index contributed by atoms with van der Waals surface area (Å²) in [6.45, 7) is 1.54. The Morgan fingerprint density at radius 1 is 1.50 bits per heavy atom. The van der Waals surface area contributed by atoms with Gasteiger partial charge in [0.2, 0.25) is 0 Å². The van der Waals surface area contributed by atoms with Crippen molar-refractivity contribution in [1.29, 1.82) is 0 Å².